The van der Waals surface area contributed by atoms with Gasteiger partial charge < -0.3 is 15.3 Å². The molecule has 6 heavy (non-hydrogen) atoms. The van der Waals surface area contributed by atoms with Crippen molar-refractivity contribution in [2.45, 2.75) is 0 Å². The minimum absolute atomic E-state index is 0. The number of nitrogens with zero attached hydrogens (tertiary/aromatic N) is 1. The average molecular weight is 144 g/mol. The number of hydrogen-bond donors (Lipinski definition) is 0. The molecule has 0 saturated heterocycles. The fraction of sp³-hybridized carbons (Fsp3) is 0. The summed E-state index contributed by atoms with van der Waals surface area (Å²) in [5.41, 5.74) is 0. The molecule has 0 aromatic heterocycles. The van der Waals surface area contributed by atoms with Gasteiger partial charge in [-0.3, -0.25) is 0 Å². The Bertz CT molecular complexity index is 33.8. The van der Waals surface area contributed by atoms with Crippen molar-refractivity contribution in [3.8, 4) is 0 Å². The van der Waals surface area contributed by atoms with Gasteiger partial charge in [0.2, 0.25) is 0 Å². The normalized spacial score (nSPS) is 4.00. The van der Waals surface area contributed by atoms with Gasteiger partial charge in [-0.1, -0.05) is 0 Å². The second-order valence-electron chi connectivity index (χ2n) is 0.224. The molecule has 0 aromatic carbocycles. The van der Waals surface area contributed by atoms with Crippen LogP contribution in [0, 0.1) is 15.3 Å². The molecule has 0 aliphatic heterocycles. The first-order valence-electron chi connectivity index (χ1n) is 0.548. The molecule has 0 unspecified atom stereocenters. The first kappa shape index (κ1) is 15.9. The summed E-state index contributed by atoms with van der Waals surface area (Å²) >= 11 is 0. The molecule has 0 rings (SSSR count). The molecule has 4 nitrogen and oxygen atoms in total. The summed E-state index contributed by atoms with van der Waals surface area (Å²) in [4.78, 5) is 8.25. The Morgan fingerprint density at radius 2 is 1.33 bits per heavy atom. The van der Waals surface area contributed by atoms with Crippen LogP contribution in [-0.2, 0) is 16.8 Å². The monoisotopic (exact) mass is 144 g/mol. The second-order valence-corrected chi connectivity index (χ2v) is 0.224. The maximum Gasteiger partial charge on any atom is 2.00 e. The molecule has 0 aromatic rings. The molecule has 6 heteroatoms. The van der Waals surface area contributed by atoms with Gasteiger partial charge in [-0.2, -0.15) is 0 Å². The summed E-state index contributed by atoms with van der Waals surface area (Å²) < 4.78 is 0. The minimum Gasteiger partial charge on any atom is -0.356 e. The Balaban J connectivity index is -0.0000000450. The van der Waals surface area contributed by atoms with Gasteiger partial charge in [0.15, 0.2) is 0 Å². The van der Waals surface area contributed by atoms with Gasteiger partial charge >= 0.3 is 46.3 Å². The van der Waals surface area contributed by atoms with Crippen LogP contribution in [0.4, 0.5) is 0 Å². The van der Waals surface area contributed by atoms with Crippen LogP contribution in [-0.4, -0.2) is 5.09 Å². The zero-order valence-electron chi connectivity index (χ0n) is 3.01. The Morgan fingerprint density at radius 1 is 1.33 bits per heavy atom. The molecule has 31 valence electrons. The molecule has 0 heterocycles. The first-order chi connectivity index (χ1) is 1.73. The van der Waals surface area contributed by atoms with Crippen molar-refractivity contribution >= 4 is 0 Å². The van der Waals surface area contributed by atoms with E-state index < -0.39 is 5.09 Å². The maximum atomic E-state index is 8.25. The minimum atomic E-state index is -1.75. The van der Waals surface area contributed by atoms with Crippen LogP contribution in [0.15, 0.2) is 0 Å². The quantitative estimate of drug-likeness (QED) is 0.204. The molecular formula is CoNNaO3+2. The summed E-state index contributed by atoms with van der Waals surface area (Å²) in [5.74, 6) is 0. The average Bonchev–Trinajstić information content (AvgIpc) is 0.811. The predicted molar refractivity (Wildman–Crippen MR) is 10.4 cm³/mol. The first-order valence-corrected chi connectivity index (χ1v) is 0.548. The van der Waals surface area contributed by atoms with Crippen molar-refractivity contribution in [3.05, 3.63) is 15.3 Å². The number of rotatable bonds is 0. The summed E-state index contributed by atoms with van der Waals surface area (Å²) in [7, 11) is 0. The third-order valence-electron chi connectivity index (χ3n) is 0. The van der Waals surface area contributed by atoms with Gasteiger partial charge in [0.25, 0.3) is 0 Å². The van der Waals surface area contributed by atoms with E-state index in [0.717, 1.165) is 0 Å². The van der Waals surface area contributed by atoms with Crippen LogP contribution in [0.2, 0.25) is 0 Å². The van der Waals surface area contributed by atoms with Gasteiger partial charge in [-0.25, -0.2) is 0 Å². The number of hydrogen-bond acceptors (Lipinski definition) is 3. The second kappa shape index (κ2) is 9.20. The van der Waals surface area contributed by atoms with E-state index >= 15 is 0 Å². The van der Waals surface area contributed by atoms with E-state index in [9.17, 15) is 0 Å². The van der Waals surface area contributed by atoms with E-state index in [1.54, 1.807) is 0 Å². The van der Waals surface area contributed by atoms with Gasteiger partial charge in [0.05, 0.1) is 5.09 Å². The fourth-order valence-corrected chi connectivity index (χ4v) is 0. The van der Waals surface area contributed by atoms with Crippen LogP contribution in [0.1, 0.15) is 0 Å². The Morgan fingerprint density at radius 3 is 1.33 bits per heavy atom. The van der Waals surface area contributed by atoms with E-state index in [2.05, 4.69) is 0 Å². The molecule has 0 fully saturated rings. The van der Waals surface area contributed by atoms with Crippen molar-refractivity contribution in [1.29, 1.82) is 0 Å². The molecule has 0 N–H and O–H groups in total. The van der Waals surface area contributed by atoms with Gasteiger partial charge in [0, 0.05) is 0 Å². The third-order valence-corrected chi connectivity index (χ3v) is 0. The van der Waals surface area contributed by atoms with Crippen molar-refractivity contribution < 1.29 is 51.4 Å². The standard InChI is InChI=1S/Co.NO3.Na/c;2-1(3)4;/q+2;-1;+1. The van der Waals surface area contributed by atoms with Crippen LogP contribution in [0.3, 0.4) is 0 Å². The molecule has 0 atom stereocenters. The summed E-state index contributed by atoms with van der Waals surface area (Å²) in [6, 6.07) is 0. The van der Waals surface area contributed by atoms with Gasteiger partial charge in [0.1, 0.15) is 0 Å². The van der Waals surface area contributed by atoms with Crippen LogP contribution < -0.4 is 29.6 Å². The van der Waals surface area contributed by atoms with E-state index in [0.29, 0.717) is 0 Å². The largest absolute Gasteiger partial charge is 2.00 e. The molecule has 0 saturated carbocycles. The molecule has 0 spiro atoms. The Kier molecular flexibility index (Phi) is 24.4. The Hall–Kier alpha value is 0.706. The molecule has 0 amide bonds. The smallest absolute Gasteiger partial charge is 0.356 e. The summed E-state index contributed by atoms with van der Waals surface area (Å²) in [6.07, 6.45) is 0. The van der Waals surface area contributed by atoms with Crippen molar-refractivity contribution in [2.75, 3.05) is 0 Å². The Labute approximate surface area is 66.5 Å². The van der Waals surface area contributed by atoms with E-state index in [1.807, 2.05) is 0 Å². The summed E-state index contributed by atoms with van der Waals surface area (Å²) in [5, 5.41) is 14.8. The maximum absolute atomic E-state index is 8.25. The topological polar surface area (TPSA) is 66.2 Å². The van der Waals surface area contributed by atoms with Crippen LogP contribution >= 0.6 is 0 Å². The van der Waals surface area contributed by atoms with E-state index in [4.69, 9.17) is 15.3 Å². The molecular weight excluding hydrogens is 144 g/mol. The van der Waals surface area contributed by atoms with Crippen molar-refractivity contribution in [2.24, 2.45) is 0 Å². The van der Waals surface area contributed by atoms with Crippen LogP contribution in [0.25, 0.3) is 0 Å². The fourth-order valence-electron chi connectivity index (χ4n) is 0. The van der Waals surface area contributed by atoms with Crippen molar-refractivity contribution in [1.82, 2.24) is 0 Å². The van der Waals surface area contributed by atoms with Crippen LogP contribution in [0.5, 0.6) is 0 Å². The predicted octanol–water partition coefficient (Wildman–Crippen LogP) is -3.24. The zero-order valence-corrected chi connectivity index (χ0v) is 6.05. The zero-order chi connectivity index (χ0) is 3.58. The SMILES string of the molecule is O=[N+]([O-])[O-].[Co+2].[Na+]. The molecule has 1 radical (unpaired) electrons. The molecule has 0 aliphatic rings. The third kappa shape index (κ3) is 130. The van der Waals surface area contributed by atoms with E-state index in [-0.39, 0.29) is 46.3 Å². The molecule has 0 aliphatic carbocycles. The molecule has 0 bridgehead atoms. The van der Waals surface area contributed by atoms with Gasteiger partial charge in [-0.15, -0.1) is 0 Å². The van der Waals surface area contributed by atoms with Crippen molar-refractivity contribution in [3.63, 3.8) is 0 Å². The summed E-state index contributed by atoms with van der Waals surface area (Å²) in [6.45, 7) is 0. The van der Waals surface area contributed by atoms with Gasteiger partial charge in [-0.05, 0) is 0 Å². The van der Waals surface area contributed by atoms with E-state index in [1.165, 1.54) is 0 Å².